The summed E-state index contributed by atoms with van der Waals surface area (Å²) < 4.78 is 10.5. The van der Waals surface area contributed by atoms with Crippen molar-refractivity contribution in [3.05, 3.63) is 0 Å². The molecule has 3 nitrogen and oxygen atoms in total. The highest BCUT2D eigenvalue weighted by molar-refractivity contribution is 4.77. The lowest BCUT2D eigenvalue weighted by Crippen LogP contribution is -2.38. The van der Waals surface area contributed by atoms with Gasteiger partial charge in [-0.3, -0.25) is 0 Å². The Bertz CT molecular complexity index is 156. The summed E-state index contributed by atoms with van der Waals surface area (Å²) in [7, 11) is 3.58. The van der Waals surface area contributed by atoms with Crippen LogP contribution in [-0.4, -0.2) is 39.5 Å². The molecule has 1 fully saturated rings. The van der Waals surface area contributed by atoms with Gasteiger partial charge in [-0.1, -0.05) is 6.92 Å². The Kier molecular flexibility index (Phi) is 6.22. The van der Waals surface area contributed by atoms with E-state index in [1.165, 1.54) is 25.7 Å². The third kappa shape index (κ3) is 4.96. The third-order valence-electron chi connectivity index (χ3n) is 3.21. The second-order valence-electron chi connectivity index (χ2n) is 4.68. The van der Waals surface area contributed by atoms with Gasteiger partial charge in [0.15, 0.2) is 0 Å². The van der Waals surface area contributed by atoms with Gasteiger partial charge in [-0.25, -0.2) is 0 Å². The molecule has 0 aromatic carbocycles. The van der Waals surface area contributed by atoms with E-state index >= 15 is 0 Å². The summed E-state index contributed by atoms with van der Waals surface area (Å²) in [6, 6.07) is 0.690. The van der Waals surface area contributed by atoms with E-state index in [-0.39, 0.29) is 0 Å². The molecule has 1 rings (SSSR count). The van der Waals surface area contributed by atoms with Gasteiger partial charge in [0, 0.05) is 33.4 Å². The quantitative estimate of drug-likeness (QED) is 0.733. The maximum absolute atomic E-state index is 5.36. The first-order chi connectivity index (χ1) is 7.26. The standard InChI is InChI=1S/C12H25NO2/c1-10(9-14-2)8-13-11-4-6-12(15-3)7-5-11/h10-13H,4-9H2,1-3H3. The van der Waals surface area contributed by atoms with E-state index in [0.29, 0.717) is 18.1 Å². The normalized spacial score (nSPS) is 29.0. The van der Waals surface area contributed by atoms with Gasteiger partial charge in [0.25, 0.3) is 0 Å². The van der Waals surface area contributed by atoms with Gasteiger partial charge in [-0.15, -0.1) is 0 Å². The van der Waals surface area contributed by atoms with Crippen LogP contribution in [0.25, 0.3) is 0 Å². The molecule has 1 N–H and O–H groups in total. The monoisotopic (exact) mass is 215 g/mol. The molecule has 1 saturated carbocycles. The molecule has 0 aliphatic heterocycles. The molecule has 0 aromatic rings. The van der Waals surface area contributed by atoms with Gasteiger partial charge in [-0.05, 0) is 31.6 Å². The fourth-order valence-electron chi connectivity index (χ4n) is 2.21. The zero-order chi connectivity index (χ0) is 11.1. The largest absolute Gasteiger partial charge is 0.384 e. The summed E-state index contributed by atoms with van der Waals surface area (Å²) in [6.45, 7) is 4.13. The summed E-state index contributed by atoms with van der Waals surface area (Å²) >= 11 is 0. The molecule has 0 amide bonds. The Balaban J connectivity index is 2.08. The smallest absolute Gasteiger partial charge is 0.0572 e. The van der Waals surface area contributed by atoms with Crippen molar-refractivity contribution < 1.29 is 9.47 Å². The van der Waals surface area contributed by atoms with Crippen molar-refractivity contribution in [3.8, 4) is 0 Å². The van der Waals surface area contributed by atoms with Crippen molar-refractivity contribution in [1.29, 1.82) is 0 Å². The lowest BCUT2D eigenvalue weighted by atomic mass is 9.92. The van der Waals surface area contributed by atoms with E-state index in [4.69, 9.17) is 9.47 Å². The first kappa shape index (κ1) is 12.9. The highest BCUT2D eigenvalue weighted by Crippen LogP contribution is 2.20. The average molecular weight is 215 g/mol. The number of nitrogens with one attached hydrogen (secondary N) is 1. The Morgan fingerprint density at radius 3 is 2.40 bits per heavy atom. The minimum absolute atomic E-state index is 0.499. The fourth-order valence-corrected chi connectivity index (χ4v) is 2.21. The van der Waals surface area contributed by atoms with Crippen LogP contribution >= 0.6 is 0 Å². The van der Waals surface area contributed by atoms with E-state index in [2.05, 4.69) is 12.2 Å². The van der Waals surface area contributed by atoms with Crippen LogP contribution in [0.15, 0.2) is 0 Å². The topological polar surface area (TPSA) is 30.5 Å². The minimum atomic E-state index is 0.499. The maximum Gasteiger partial charge on any atom is 0.0572 e. The molecule has 0 radical (unpaired) electrons. The number of methoxy groups -OCH3 is 2. The van der Waals surface area contributed by atoms with Crippen molar-refractivity contribution in [2.45, 2.75) is 44.8 Å². The second kappa shape index (κ2) is 7.20. The van der Waals surface area contributed by atoms with Crippen LogP contribution in [-0.2, 0) is 9.47 Å². The van der Waals surface area contributed by atoms with E-state index in [0.717, 1.165) is 13.2 Å². The Hall–Kier alpha value is -0.120. The first-order valence-electron chi connectivity index (χ1n) is 6.01. The summed E-state index contributed by atoms with van der Waals surface area (Å²) in [5.74, 6) is 0.607. The van der Waals surface area contributed by atoms with Gasteiger partial charge in [0.2, 0.25) is 0 Å². The van der Waals surface area contributed by atoms with Gasteiger partial charge in [-0.2, -0.15) is 0 Å². The molecule has 90 valence electrons. The molecule has 15 heavy (non-hydrogen) atoms. The molecule has 0 bridgehead atoms. The number of hydrogen-bond acceptors (Lipinski definition) is 3. The fraction of sp³-hybridized carbons (Fsp3) is 1.00. The van der Waals surface area contributed by atoms with Crippen molar-refractivity contribution >= 4 is 0 Å². The third-order valence-corrected chi connectivity index (χ3v) is 3.21. The van der Waals surface area contributed by atoms with Crippen molar-refractivity contribution in [2.75, 3.05) is 27.4 Å². The van der Waals surface area contributed by atoms with E-state index in [9.17, 15) is 0 Å². The molecule has 0 saturated heterocycles. The molecule has 1 aliphatic rings. The maximum atomic E-state index is 5.36. The van der Waals surface area contributed by atoms with Gasteiger partial charge >= 0.3 is 0 Å². The number of rotatable bonds is 6. The van der Waals surface area contributed by atoms with Gasteiger partial charge in [0.1, 0.15) is 0 Å². The number of ether oxygens (including phenoxy) is 2. The average Bonchev–Trinajstić information content (AvgIpc) is 2.27. The summed E-state index contributed by atoms with van der Waals surface area (Å²) in [4.78, 5) is 0. The zero-order valence-corrected chi connectivity index (χ0v) is 10.3. The Morgan fingerprint density at radius 1 is 1.20 bits per heavy atom. The van der Waals surface area contributed by atoms with Crippen molar-refractivity contribution in [2.24, 2.45) is 5.92 Å². The van der Waals surface area contributed by atoms with Crippen LogP contribution in [0.3, 0.4) is 0 Å². The van der Waals surface area contributed by atoms with Crippen LogP contribution in [0.5, 0.6) is 0 Å². The lowest BCUT2D eigenvalue weighted by Gasteiger charge is -2.29. The summed E-state index contributed by atoms with van der Waals surface area (Å²) in [5, 5.41) is 3.62. The molecule has 0 spiro atoms. The van der Waals surface area contributed by atoms with E-state index in [1.807, 2.05) is 7.11 Å². The van der Waals surface area contributed by atoms with Crippen LogP contribution in [0.2, 0.25) is 0 Å². The zero-order valence-electron chi connectivity index (χ0n) is 10.3. The predicted molar refractivity (Wildman–Crippen MR) is 62.1 cm³/mol. The van der Waals surface area contributed by atoms with Gasteiger partial charge < -0.3 is 14.8 Å². The highest BCUT2D eigenvalue weighted by atomic mass is 16.5. The molecular weight excluding hydrogens is 190 g/mol. The van der Waals surface area contributed by atoms with Crippen molar-refractivity contribution in [1.82, 2.24) is 5.32 Å². The van der Waals surface area contributed by atoms with Crippen LogP contribution in [0, 0.1) is 5.92 Å². The molecule has 1 aliphatic carbocycles. The first-order valence-corrected chi connectivity index (χ1v) is 6.01. The molecule has 3 heteroatoms. The Labute approximate surface area is 93.5 Å². The summed E-state index contributed by atoms with van der Waals surface area (Å²) in [6.07, 6.45) is 5.40. The number of hydrogen-bond donors (Lipinski definition) is 1. The second-order valence-corrected chi connectivity index (χ2v) is 4.68. The van der Waals surface area contributed by atoms with E-state index in [1.54, 1.807) is 7.11 Å². The SMILES string of the molecule is COCC(C)CNC1CCC(OC)CC1. The van der Waals surface area contributed by atoms with Crippen LogP contribution < -0.4 is 5.32 Å². The summed E-state index contributed by atoms with van der Waals surface area (Å²) in [5.41, 5.74) is 0. The molecule has 1 unspecified atom stereocenters. The predicted octanol–water partition coefficient (Wildman–Crippen LogP) is 1.82. The molecule has 0 heterocycles. The lowest BCUT2D eigenvalue weighted by molar-refractivity contribution is 0.0614. The van der Waals surface area contributed by atoms with Crippen LogP contribution in [0.1, 0.15) is 32.6 Å². The highest BCUT2D eigenvalue weighted by Gasteiger charge is 2.20. The Morgan fingerprint density at radius 2 is 1.87 bits per heavy atom. The minimum Gasteiger partial charge on any atom is -0.384 e. The van der Waals surface area contributed by atoms with E-state index < -0.39 is 0 Å². The van der Waals surface area contributed by atoms with Gasteiger partial charge in [0.05, 0.1) is 6.10 Å². The molecule has 0 aromatic heterocycles. The van der Waals surface area contributed by atoms with Crippen LogP contribution in [0.4, 0.5) is 0 Å². The molecule has 1 atom stereocenters. The van der Waals surface area contributed by atoms with Crippen molar-refractivity contribution in [3.63, 3.8) is 0 Å². The molecular formula is C12H25NO2.